The SMILES string of the molecule is CC(C)CNC(=O)c1cc2c3c(c1)CCN3C(=O)CC2. The number of nitrogens with zero attached hydrogens (tertiary/aromatic N) is 1. The standard InChI is InChI=1S/C16H20N2O2/c1-10(2)9-17-16(20)13-7-11-3-4-14(19)18-6-5-12(8-13)15(11)18/h7-8,10H,3-6,9H2,1-2H3,(H,17,20). The molecule has 2 aliphatic heterocycles. The second kappa shape index (κ2) is 4.93. The molecule has 0 spiro atoms. The lowest BCUT2D eigenvalue weighted by atomic mass is 9.96. The van der Waals surface area contributed by atoms with E-state index in [1.807, 2.05) is 17.0 Å². The summed E-state index contributed by atoms with van der Waals surface area (Å²) in [6, 6.07) is 3.91. The Morgan fingerprint density at radius 2 is 1.95 bits per heavy atom. The van der Waals surface area contributed by atoms with Gasteiger partial charge in [-0.25, -0.2) is 0 Å². The van der Waals surface area contributed by atoms with Gasteiger partial charge in [0.2, 0.25) is 5.91 Å². The molecule has 20 heavy (non-hydrogen) atoms. The maximum absolute atomic E-state index is 12.2. The minimum atomic E-state index is -0.00639. The van der Waals surface area contributed by atoms with Gasteiger partial charge in [-0.05, 0) is 42.0 Å². The summed E-state index contributed by atoms with van der Waals surface area (Å²) >= 11 is 0. The van der Waals surface area contributed by atoms with Crippen molar-refractivity contribution >= 4 is 17.5 Å². The number of benzene rings is 1. The van der Waals surface area contributed by atoms with Gasteiger partial charge in [-0.2, -0.15) is 0 Å². The maximum atomic E-state index is 12.2. The van der Waals surface area contributed by atoms with Crippen LogP contribution in [0.2, 0.25) is 0 Å². The highest BCUT2D eigenvalue weighted by molar-refractivity contribution is 6.01. The topological polar surface area (TPSA) is 49.4 Å². The van der Waals surface area contributed by atoms with Gasteiger partial charge in [0.15, 0.2) is 0 Å². The van der Waals surface area contributed by atoms with Crippen LogP contribution < -0.4 is 10.2 Å². The summed E-state index contributed by atoms with van der Waals surface area (Å²) < 4.78 is 0. The molecule has 1 N–H and O–H groups in total. The van der Waals surface area contributed by atoms with Crippen LogP contribution >= 0.6 is 0 Å². The summed E-state index contributed by atoms with van der Waals surface area (Å²) in [4.78, 5) is 25.9. The summed E-state index contributed by atoms with van der Waals surface area (Å²) in [5.74, 6) is 0.654. The van der Waals surface area contributed by atoms with Crippen molar-refractivity contribution in [2.75, 3.05) is 18.0 Å². The van der Waals surface area contributed by atoms with Crippen LogP contribution in [0, 0.1) is 5.92 Å². The van der Waals surface area contributed by atoms with Gasteiger partial charge in [-0.1, -0.05) is 13.8 Å². The summed E-state index contributed by atoms with van der Waals surface area (Å²) in [5, 5.41) is 2.96. The predicted octanol–water partition coefficient (Wildman–Crippen LogP) is 1.91. The van der Waals surface area contributed by atoms with Crippen LogP contribution in [0.4, 0.5) is 5.69 Å². The first-order chi connectivity index (χ1) is 9.56. The van der Waals surface area contributed by atoms with Gasteiger partial charge < -0.3 is 10.2 Å². The van der Waals surface area contributed by atoms with Gasteiger partial charge in [-0.15, -0.1) is 0 Å². The third kappa shape index (κ3) is 2.19. The van der Waals surface area contributed by atoms with E-state index in [-0.39, 0.29) is 11.8 Å². The van der Waals surface area contributed by atoms with Crippen molar-refractivity contribution in [1.82, 2.24) is 5.32 Å². The molecule has 4 nitrogen and oxygen atoms in total. The first-order valence-corrected chi connectivity index (χ1v) is 7.30. The normalized spacial score (nSPS) is 16.6. The summed E-state index contributed by atoms with van der Waals surface area (Å²) in [5.41, 5.74) is 4.09. The molecule has 0 saturated carbocycles. The molecule has 0 radical (unpaired) electrons. The van der Waals surface area contributed by atoms with Crippen molar-refractivity contribution in [3.05, 3.63) is 28.8 Å². The zero-order chi connectivity index (χ0) is 14.3. The second-order valence-corrected chi connectivity index (χ2v) is 6.04. The fourth-order valence-corrected chi connectivity index (χ4v) is 2.99. The number of aryl methyl sites for hydroxylation is 1. The smallest absolute Gasteiger partial charge is 0.251 e. The van der Waals surface area contributed by atoms with Crippen LogP contribution in [-0.2, 0) is 17.6 Å². The molecule has 3 rings (SSSR count). The van der Waals surface area contributed by atoms with Crippen molar-refractivity contribution < 1.29 is 9.59 Å². The summed E-state index contributed by atoms with van der Waals surface area (Å²) in [7, 11) is 0. The highest BCUT2D eigenvalue weighted by atomic mass is 16.2. The molecule has 0 unspecified atom stereocenters. The van der Waals surface area contributed by atoms with Crippen LogP contribution in [0.15, 0.2) is 12.1 Å². The molecule has 0 aromatic heterocycles. The lowest BCUT2D eigenvalue weighted by Crippen LogP contribution is -2.33. The molecule has 0 fully saturated rings. The fraction of sp³-hybridized carbons (Fsp3) is 0.500. The van der Waals surface area contributed by atoms with Crippen molar-refractivity contribution in [2.24, 2.45) is 5.92 Å². The highest BCUT2D eigenvalue weighted by Gasteiger charge is 2.31. The van der Waals surface area contributed by atoms with E-state index in [0.29, 0.717) is 18.9 Å². The maximum Gasteiger partial charge on any atom is 0.251 e. The van der Waals surface area contributed by atoms with E-state index in [0.717, 1.165) is 41.8 Å². The van der Waals surface area contributed by atoms with E-state index in [2.05, 4.69) is 19.2 Å². The lowest BCUT2D eigenvalue weighted by molar-refractivity contribution is -0.118. The molecule has 0 saturated heterocycles. The Bertz CT molecular complexity index is 578. The first-order valence-electron chi connectivity index (χ1n) is 7.30. The van der Waals surface area contributed by atoms with Crippen molar-refractivity contribution in [2.45, 2.75) is 33.1 Å². The molecule has 4 heteroatoms. The molecule has 2 amide bonds. The highest BCUT2D eigenvalue weighted by Crippen LogP contribution is 2.37. The molecule has 2 heterocycles. The number of hydrogen-bond acceptors (Lipinski definition) is 2. The number of carbonyl (C=O) groups is 2. The van der Waals surface area contributed by atoms with Crippen LogP contribution in [-0.4, -0.2) is 24.9 Å². The minimum Gasteiger partial charge on any atom is -0.352 e. The van der Waals surface area contributed by atoms with Crippen molar-refractivity contribution in [3.63, 3.8) is 0 Å². The van der Waals surface area contributed by atoms with E-state index in [9.17, 15) is 9.59 Å². The molecule has 1 aromatic carbocycles. The Hall–Kier alpha value is -1.84. The molecule has 2 aliphatic rings. The quantitative estimate of drug-likeness (QED) is 0.913. The van der Waals surface area contributed by atoms with Gasteiger partial charge >= 0.3 is 0 Å². The van der Waals surface area contributed by atoms with Crippen LogP contribution in [0.3, 0.4) is 0 Å². The second-order valence-electron chi connectivity index (χ2n) is 6.04. The summed E-state index contributed by atoms with van der Waals surface area (Å²) in [6.07, 6.45) is 2.17. The van der Waals surface area contributed by atoms with Gasteiger partial charge in [0, 0.05) is 25.1 Å². The summed E-state index contributed by atoms with van der Waals surface area (Å²) in [6.45, 7) is 5.61. The van der Waals surface area contributed by atoms with Gasteiger partial charge in [0.25, 0.3) is 5.91 Å². The third-order valence-electron chi connectivity index (χ3n) is 3.98. The van der Waals surface area contributed by atoms with Crippen LogP contribution in [0.25, 0.3) is 0 Å². The van der Waals surface area contributed by atoms with E-state index >= 15 is 0 Å². The molecule has 106 valence electrons. The van der Waals surface area contributed by atoms with Crippen LogP contribution in [0.1, 0.15) is 41.8 Å². The number of amides is 2. The molecule has 0 bridgehead atoms. The molecular formula is C16H20N2O2. The minimum absolute atomic E-state index is 0.00639. The fourth-order valence-electron chi connectivity index (χ4n) is 2.99. The molecule has 1 aromatic rings. The number of rotatable bonds is 3. The van der Waals surface area contributed by atoms with Crippen LogP contribution in [0.5, 0.6) is 0 Å². The number of anilines is 1. The van der Waals surface area contributed by atoms with Crippen molar-refractivity contribution in [1.29, 1.82) is 0 Å². The molecule has 0 atom stereocenters. The van der Waals surface area contributed by atoms with Crippen molar-refractivity contribution in [3.8, 4) is 0 Å². The zero-order valence-electron chi connectivity index (χ0n) is 12.0. The zero-order valence-corrected chi connectivity index (χ0v) is 12.0. The number of hydrogen-bond donors (Lipinski definition) is 1. The predicted molar refractivity (Wildman–Crippen MR) is 78.0 cm³/mol. The Labute approximate surface area is 119 Å². The van der Waals surface area contributed by atoms with E-state index < -0.39 is 0 Å². The molecular weight excluding hydrogens is 252 g/mol. The largest absolute Gasteiger partial charge is 0.352 e. The Balaban J connectivity index is 1.89. The van der Waals surface area contributed by atoms with Gasteiger partial charge in [-0.3, -0.25) is 9.59 Å². The lowest BCUT2D eigenvalue weighted by Gasteiger charge is -2.25. The van der Waals surface area contributed by atoms with E-state index in [1.165, 1.54) is 0 Å². The Morgan fingerprint density at radius 3 is 2.65 bits per heavy atom. The average Bonchev–Trinajstić information content (AvgIpc) is 2.85. The monoisotopic (exact) mass is 272 g/mol. The molecule has 0 aliphatic carbocycles. The number of carbonyl (C=O) groups excluding carboxylic acids is 2. The van der Waals surface area contributed by atoms with Gasteiger partial charge in [0.1, 0.15) is 0 Å². The number of nitrogens with one attached hydrogen (secondary N) is 1. The average molecular weight is 272 g/mol. The van der Waals surface area contributed by atoms with E-state index in [1.54, 1.807) is 0 Å². The third-order valence-corrected chi connectivity index (χ3v) is 3.98. The van der Waals surface area contributed by atoms with Gasteiger partial charge in [0.05, 0.1) is 5.69 Å². The Kier molecular flexibility index (Phi) is 3.24. The van der Waals surface area contributed by atoms with E-state index in [4.69, 9.17) is 0 Å². The first kappa shape index (κ1) is 13.2. The Morgan fingerprint density at radius 1 is 1.25 bits per heavy atom.